The summed E-state index contributed by atoms with van der Waals surface area (Å²) in [7, 11) is 0. The van der Waals surface area contributed by atoms with Gasteiger partial charge in [0, 0.05) is 18.5 Å². The Balaban J connectivity index is 1.62. The SMILES string of the molecule is O=C1CSC(c2ccc3c(c2)CCO3)N1Cc1ccccc1F. The van der Waals surface area contributed by atoms with E-state index in [1.807, 2.05) is 12.1 Å². The van der Waals surface area contributed by atoms with Gasteiger partial charge in [-0.1, -0.05) is 24.3 Å². The average molecular weight is 329 g/mol. The van der Waals surface area contributed by atoms with Crippen LogP contribution in [0.15, 0.2) is 42.5 Å². The average Bonchev–Trinajstić information content (AvgIpc) is 3.16. The summed E-state index contributed by atoms with van der Waals surface area (Å²) in [4.78, 5) is 14.0. The van der Waals surface area contributed by atoms with Crippen molar-refractivity contribution in [2.45, 2.75) is 18.3 Å². The van der Waals surface area contributed by atoms with Gasteiger partial charge in [-0.05, 0) is 29.3 Å². The summed E-state index contributed by atoms with van der Waals surface area (Å²) < 4.78 is 19.5. The molecule has 1 fully saturated rings. The summed E-state index contributed by atoms with van der Waals surface area (Å²) in [6.07, 6.45) is 0.905. The molecule has 0 aliphatic carbocycles. The Bertz CT molecular complexity index is 764. The molecule has 0 spiro atoms. The molecule has 0 bridgehead atoms. The van der Waals surface area contributed by atoms with Crippen LogP contribution in [0.3, 0.4) is 0 Å². The van der Waals surface area contributed by atoms with Crippen molar-refractivity contribution in [2.24, 2.45) is 0 Å². The molecule has 23 heavy (non-hydrogen) atoms. The second-order valence-electron chi connectivity index (χ2n) is 5.74. The molecule has 5 heteroatoms. The fourth-order valence-electron chi connectivity index (χ4n) is 3.07. The zero-order valence-corrected chi connectivity index (χ0v) is 13.3. The summed E-state index contributed by atoms with van der Waals surface area (Å²) in [5.41, 5.74) is 2.83. The minimum Gasteiger partial charge on any atom is -0.493 e. The number of thioether (sulfide) groups is 1. The normalized spacial score (nSPS) is 19.8. The van der Waals surface area contributed by atoms with Crippen LogP contribution in [0.2, 0.25) is 0 Å². The predicted octanol–water partition coefficient (Wildman–Crippen LogP) is 3.53. The number of benzene rings is 2. The third-order valence-electron chi connectivity index (χ3n) is 4.27. The molecule has 2 heterocycles. The first-order chi connectivity index (χ1) is 11.2. The Kier molecular flexibility index (Phi) is 3.73. The van der Waals surface area contributed by atoms with Gasteiger partial charge in [0.2, 0.25) is 5.91 Å². The van der Waals surface area contributed by atoms with Crippen LogP contribution in [-0.2, 0) is 17.8 Å². The van der Waals surface area contributed by atoms with E-state index in [2.05, 4.69) is 6.07 Å². The highest BCUT2D eigenvalue weighted by atomic mass is 32.2. The molecule has 0 saturated carbocycles. The first-order valence-corrected chi connectivity index (χ1v) is 8.67. The third-order valence-corrected chi connectivity index (χ3v) is 5.52. The Hall–Kier alpha value is -2.01. The highest BCUT2D eigenvalue weighted by Gasteiger charge is 2.33. The van der Waals surface area contributed by atoms with E-state index in [1.54, 1.807) is 34.9 Å². The second kappa shape index (κ2) is 5.89. The molecule has 1 saturated heterocycles. The van der Waals surface area contributed by atoms with Crippen LogP contribution in [0.4, 0.5) is 4.39 Å². The summed E-state index contributed by atoms with van der Waals surface area (Å²) in [5, 5.41) is -0.0620. The van der Waals surface area contributed by atoms with Gasteiger partial charge in [0.1, 0.15) is 16.9 Å². The molecule has 2 aliphatic rings. The number of ether oxygens (including phenoxy) is 1. The molecule has 2 aliphatic heterocycles. The van der Waals surface area contributed by atoms with Crippen LogP contribution in [0.5, 0.6) is 5.75 Å². The van der Waals surface area contributed by atoms with E-state index < -0.39 is 0 Å². The van der Waals surface area contributed by atoms with E-state index in [4.69, 9.17) is 4.74 Å². The largest absolute Gasteiger partial charge is 0.493 e. The summed E-state index contributed by atoms with van der Waals surface area (Å²) in [6, 6.07) is 12.7. The molecule has 1 atom stereocenters. The minimum absolute atomic E-state index is 0.0556. The lowest BCUT2D eigenvalue weighted by Gasteiger charge is -2.25. The van der Waals surface area contributed by atoms with Crippen molar-refractivity contribution in [1.82, 2.24) is 4.90 Å². The van der Waals surface area contributed by atoms with Gasteiger partial charge in [-0.2, -0.15) is 0 Å². The molecule has 1 amide bonds. The van der Waals surface area contributed by atoms with Gasteiger partial charge in [-0.25, -0.2) is 4.39 Å². The van der Waals surface area contributed by atoms with Crippen molar-refractivity contribution in [3.8, 4) is 5.75 Å². The van der Waals surface area contributed by atoms with Gasteiger partial charge in [-0.3, -0.25) is 4.79 Å². The van der Waals surface area contributed by atoms with E-state index in [-0.39, 0.29) is 17.1 Å². The maximum Gasteiger partial charge on any atom is 0.234 e. The van der Waals surface area contributed by atoms with Crippen molar-refractivity contribution in [3.63, 3.8) is 0 Å². The number of carbonyl (C=O) groups excluding carboxylic acids is 1. The lowest BCUT2D eigenvalue weighted by molar-refractivity contribution is -0.128. The summed E-state index contributed by atoms with van der Waals surface area (Å²) in [6.45, 7) is 1.02. The number of amides is 1. The smallest absolute Gasteiger partial charge is 0.234 e. The molecule has 0 N–H and O–H groups in total. The van der Waals surface area contributed by atoms with Crippen LogP contribution in [0.1, 0.15) is 22.1 Å². The first-order valence-electron chi connectivity index (χ1n) is 7.62. The van der Waals surface area contributed by atoms with Gasteiger partial charge in [0.25, 0.3) is 0 Å². The van der Waals surface area contributed by atoms with Gasteiger partial charge < -0.3 is 9.64 Å². The van der Waals surface area contributed by atoms with Crippen LogP contribution in [-0.4, -0.2) is 23.2 Å². The quantitative estimate of drug-likeness (QED) is 0.863. The zero-order chi connectivity index (χ0) is 15.8. The van der Waals surface area contributed by atoms with Gasteiger partial charge in [0.05, 0.1) is 12.4 Å². The van der Waals surface area contributed by atoms with Crippen LogP contribution < -0.4 is 4.74 Å². The maximum absolute atomic E-state index is 13.9. The van der Waals surface area contributed by atoms with Gasteiger partial charge in [0.15, 0.2) is 0 Å². The van der Waals surface area contributed by atoms with Crippen molar-refractivity contribution < 1.29 is 13.9 Å². The van der Waals surface area contributed by atoms with Crippen LogP contribution in [0.25, 0.3) is 0 Å². The number of hydrogen-bond donors (Lipinski definition) is 0. The van der Waals surface area contributed by atoms with Crippen molar-refractivity contribution >= 4 is 17.7 Å². The number of rotatable bonds is 3. The molecule has 2 aromatic carbocycles. The second-order valence-corrected chi connectivity index (χ2v) is 6.81. The Morgan fingerprint density at radius 2 is 2.13 bits per heavy atom. The fraction of sp³-hybridized carbons (Fsp3) is 0.278. The van der Waals surface area contributed by atoms with E-state index in [9.17, 15) is 9.18 Å². The first kappa shape index (κ1) is 14.6. The molecule has 0 radical (unpaired) electrons. The lowest BCUT2D eigenvalue weighted by Crippen LogP contribution is -2.28. The highest BCUT2D eigenvalue weighted by molar-refractivity contribution is 8.00. The Morgan fingerprint density at radius 1 is 1.26 bits per heavy atom. The van der Waals surface area contributed by atoms with Crippen molar-refractivity contribution in [2.75, 3.05) is 12.4 Å². The molecule has 1 unspecified atom stereocenters. The number of hydrogen-bond acceptors (Lipinski definition) is 3. The maximum atomic E-state index is 13.9. The van der Waals surface area contributed by atoms with E-state index in [1.165, 1.54) is 11.6 Å². The number of carbonyl (C=O) groups is 1. The minimum atomic E-state index is -0.265. The molecule has 2 aromatic rings. The number of nitrogens with zero attached hydrogens (tertiary/aromatic N) is 1. The fourth-order valence-corrected chi connectivity index (χ4v) is 4.25. The molecular weight excluding hydrogens is 313 g/mol. The highest BCUT2D eigenvalue weighted by Crippen LogP contribution is 2.41. The van der Waals surface area contributed by atoms with E-state index in [0.29, 0.717) is 24.5 Å². The Labute approximate surface area is 138 Å². The van der Waals surface area contributed by atoms with Crippen molar-refractivity contribution in [1.29, 1.82) is 0 Å². The third kappa shape index (κ3) is 2.70. The van der Waals surface area contributed by atoms with Gasteiger partial charge in [-0.15, -0.1) is 11.8 Å². The zero-order valence-electron chi connectivity index (χ0n) is 12.5. The van der Waals surface area contributed by atoms with Crippen LogP contribution >= 0.6 is 11.8 Å². The number of halogens is 1. The molecule has 118 valence electrons. The van der Waals surface area contributed by atoms with Crippen LogP contribution in [0, 0.1) is 5.82 Å². The van der Waals surface area contributed by atoms with E-state index in [0.717, 1.165) is 17.7 Å². The lowest BCUT2D eigenvalue weighted by atomic mass is 10.1. The summed E-state index contributed by atoms with van der Waals surface area (Å²) in [5.74, 6) is 1.16. The Morgan fingerprint density at radius 3 is 3.00 bits per heavy atom. The summed E-state index contributed by atoms with van der Waals surface area (Å²) >= 11 is 1.60. The molecule has 3 nitrogen and oxygen atoms in total. The molecule has 0 aromatic heterocycles. The predicted molar refractivity (Wildman–Crippen MR) is 87.8 cm³/mol. The molecular formula is C18H16FNO2S. The van der Waals surface area contributed by atoms with E-state index >= 15 is 0 Å². The molecule has 4 rings (SSSR count). The standard InChI is InChI=1S/C18H16FNO2S/c19-15-4-2-1-3-14(15)10-20-17(21)11-23-18(20)13-5-6-16-12(9-13)7-8-22-16/h1-6,9,18H,7-8,10-11H2. The van der Waals surface area contributed by atoms with Crippen molar-refractivity contribution in [3.05, 3.63) is 65.0 Å². The topological polar surface area (TPSA) is 29.5 Å². The number of fused-ring (bicyclic) bond motifs is 1. The monoisotopic (exact) mass is 329 g/mol. The van der Waals surface area contributed by atoms with Gasteiger partial charge >= 0.3 is 0 Å².